The minimum Gasteiger partial charge on any atom is -0.374 e. The average molecular weight is 232 g/mol. The summed E-state index contributed by atoms with van der Waals surface area (Å²) < 4.78 is 6.05. The van der Waals surface area contributed by atoms with E-state index in [4.69, 9.17) is 4.74 Å². The Hall–Kier alpha value is -0.820. The standard InChI is InChI=1S/C16H24O/c1-13(2)15-9-6-10-16(11-15)17-12-14-7-4-3-5-8-14/h3-5,7-8,13,15-16H,6,9-12H2,1-2H3/t15?,16-/m0/s1. The molecule has 2 rings (SSSR count). The lowest BCUT2D eigenvalue weighted by Gasteiger charge is -2.31. The molecule has 1 fully saturated rings. The molecule has 1 aromatic carbocycles. The van der Waals surface area contributed by atoms with Crippen LogP contribution in [0.1, 0.15) is 45.1 Å². The highest BCUT2D eigenvalue weighted by molar-refractivity contribution is 5.13. The van der Waals surface area contributed by atoms with Gasteiger partial charge in [0.05, 0.1) is 12.7 Å². The van der Waals surface area contributed by atoms with Crippen molar-refractivity contribution < 1.29 is 4.74 Å². The van der Waals surface area contributed by atoms with Gasteiger partial charge >= 0.3 is 0 Å². The third-order valence-corrected chi connectivity index (χ3v) is 3.94. The summed E-state index contributed by atoms with van der Waals surface area (Å²) in [7, 11) is 0. The van der Waals surface area contributed by atoms with E-state index >= 15 is 0 Å². The molecule has 0 saturated heterocycles. The largest absolute Gasteiger partial charge is 0.374 e. The van der Waals surface area contributed by atoms with Crippen LogP contribution in [0.2, 0.25) is 0 Å². The molecule has 0 aliphatic heterocycles. The van der Waals surface area contributed by atoms with Gasteiger partial charge in [-0.3, -0.25) is 0 Å². The SMILES string of the molecule is CC(C)C1CCC[C@H](OCc2ccccc2)C1. The molecule has 0 N–H and O–H groups in total. The van der Waals surface area contributed by atoms with E-state index in [1.807, 2.05) is 0 Å². The summed E-state index contributed by atoms with van der Waals surface area (Å²) in [6.45, 7) is 5.45. The van der Waals surface area contributed by atoms with Gasteiger partial charge in [-0.15, -0.1) is 0 Å². The Morgan fingerprint density at radius 3 is 2.65 bits per heavy atom. The van der Waals surface area contributed by atoms with Crippen LogP contribution in [0.15, 0.2) is 30.3 Å². The van der Waals surface area contributed by atoms with Gasteiger partial charge in [-0.05, 0) is 30.2 Å². The Bertz CT molecular complexity index is 318. The third-order valence-electron chi connectivity index (χ3n) is 3.94. The fourth-order valence-electron chi connectivity index (χ4n) is 2.73. The summed E-state index contributed by atoms with van der Waals surface area (Å²) in [5.74, 6) is 1.67. The number of rotatable bonds is 4. The van der Waals surface area contributed by atoms with Gasteiger partial charge in [0, 0.05) is 0 Å². The highest BCUT2D eigenvalue weighted by atomic mass is 16.5. The normalized spacial score (nSPS) is 25.1. The van der Waals surface area contributed by atoms with Crippen LogP contribution in [0.5, 0.6) is 0 Å². The van der Waals surface area contributed by atoms with Crippen LogP contribution in [0.3, 0.4) is 0 Å². The first-order valence-corrected chi connectivity index (χ1v) is 6.91. The number of hydrogen-bond donors (Lipinski definition) is 0. The fourth-order valence-corrected chi connectivity index (χ4v) is 2.73. The molecule has 1 nitrogen and oxygen atoms in total. The topological polar surface area (TPSA) is 9.23 Å². The van der Waals surface area contributed by atoms with E-state index < -0.39 is 0 Å². The van der Waals surface area contributed by atoms with Gasteiger partial charge in [0.25, 0.3) is 0 Å². The van der Waals surface area contributed by atoms with Gasteiger partial charge < -0.3 is 4.74 Å². The number of ether oxygens (including phenoxy) is 1. The van der Waals surface area contributed by atoms with Crippen LogP contribution < -0.4 is 0 Å². The second-order valence-electron chi connectivity index (χ2n) is 5.59. The lowest BCUT2D eigenvalue weighted by atomic mass is 9.80. The van der Waals surface area contributed by atoms with E-state index in [1.54, 1.807) is 0 Å². The third kappa shape index (κ3) is 3.85. The smallest absolute Gasteiger partial charge is 0.0720 e. The van der Waals surface area contributed by atoms with Crippen LogP contribution in [0, 0.1) is 11.8 Å². The summed E-state index contributed by atoms with van der Waals surface area (Å²) in [5.41, 5.74) is 1.29. The van der Waals surface area contributed by atoms with Crippen LogP contribution >= 0.6 is 0 Å². The number of hydrogen-bond acceptors (Lipinski definition) is 1. The highest BCUT2D eigenvalue weighted by Crippen LogP contribution is 2.31. The van der Waals surface area contributed by atoms with Crippen LogP contribution in [0.25, 0.3) is 0 Å². The minimum atomic E-state index is 0.483. The molecule has 94 valence electrons. The predicted molar refractivity (Wildman–Crippen MR) is 71.8 cm³/mol. The lowest BCUT2D eigenvalue weighted by Crippen LogP contribution is -2.25. The summed E-state index contributed by atoms with van der Waals surface area (Å²) in [5, 5.41) is 0. The maximum Gasteiger partial charge on any atom is 0.0720 e. The second kappa shape index (κ2) is 6.20. The Morgan fingerprint density at radius 2 is 1.94 bits per heavy atom. The molecule has 0 spiro atoms. The molecule has 0 amide bonds. The average Bonchev–Trinajstić information content (AvgIpc) is 2.38. The van der Waals surface area contributed by atoms with E-state index in [2.05, 4.69) is 44.2 Å². The van der Waals surface area contributed by atoms with Crippen molar-refractivity contribution in [3.8, 4) is 0 Å². The van der Waals surface area contributed by atoms with Crippen LogP contribution in [-0.4, -0.2) is 6.10 Å². The van der Waals surface area contributed by atoms with E-state index in [-0.39, 0.29) is 0 Å². The van der Waals surface area contributed by atoms with Crippen molar-refractivity contribution in [3.63, 3.8) is 0 Å². The van der Waals surface area contributed by atoms with Gasteiger partial charge in [0.1, 0.15) is 0 Å². The number of benzene rings is 1. The lowest BCUT2D eigenvalue weighted by molar-refractivity contribution is -0.00437. The van der Waals surface area contributed by atoms with E-state index in [0.29, 0.717) is 6.10 Å². The Morgan fingerprint density at radius 1 is 1.18 bits per heavy atom. The maximum atomic E-state index is 6.05. The first-order valence-electron chi connectivity index (χ1n) is 6.91. The van der Waals surface area contributed by atoms with Crippen molar-refractivity contribution in [2.24, 2.45) is 11.8 Å². The summed E-state index contributed by atoms with van der Waals surface area (Å²) >= 11 is 0. The molecular formula is C16H24O. The highest BCUT2D eigenvalue weighted by Gasteiger charge is 2.24. The molecule has 1 saturated carbocycles. The van der Waals surface area contributed by atoms with E-state index in [1.165, 1.54) is 31.2 Å². The molecule has 17 heavy (non-hydrogen) atoms. The minimum absolute atomic E-state index is 0.483. The van der Waals surface area contributed by atoms with Crippen LogP contribution in [-0.2, 0) is 11.3 Å². The van der Waals surface area contributed by atoms with Gasteiger partial charge in [0.15, 0.2) is 0 Å². The predicted octanol–water partition coefficient (Wildman–Crippen LogP) is 4.42. The van der Waals surface area contributed by atoms with Crippen molar-refractivity contribution in [2.45, 2.75) is 52.2 Å². The Balaban J connectivity index is 1.79. The Labute approximate surface area is 105 Å². The van der Waals surface area contributed by atoms with Crippen molar-refractivity contribution in [2.75, 3.05) is 0 Å². The van der Waals surface area contributed by atoms with Gasteiger partial charge in [0.2, 0.25) is 0 Å². The van der Waals surface area contributed by atoms with Crippen molar-refractivity contribution >= 4 is 0 Å². The molecule has 0 radical (unpaired) electrons. The summed E-state index contributed by atoms with van der Waals surface area (Å²) in [6.07, 6.45) is 5.71. The summed E-state index contributed by atoms with van der Waals surface area (Å²) in [6, 6.07) is 10.5. The molecule has 0 heterocycles. The molecule has 1 unspecified atom stereocenters. The molecule has 1 aliphatic rings. The molecule has 0 bridgehead atoms. The maximum absolute atomic E-state index is 6.05. The first-order chi connectivity index (χ1) is 8.25. The monoisotopic (exact) mass is 232 g/mol. The molecular weight excluding hydrogens is 208 g/mol. The quantitative estimate of drug-likeness (QED) is 0.746. The zero-order valence-corrected chi connectivity index (χ0v) is 11.1. The molecule has 2 atom stereocenters. The first kappa shape index (κ1) is 12.6. The molecule has 0 aromatic heterocycles. The van der Waals surface area contributed by atoms with Crippen molar-refractivity contribution in [3.05, 3.63) is 35.9 Å². The van der Waals surface area contributed by atoms with Gasteiger partial charge in [-0.2, -0.15) is 0 Å². The summed E-state index contributed by atoms with van der Waals surface area (Å²) in [4.78, 5) is 0. The molecule has 1 aromatic rings. The molecule has 1 aliphatic carbocycles. The van der Waals surface area contributed by atoms with Crippen molar-refractivity contribution in [1.82, 2.24) is 0 Å². The van der Waals surface area contributed by atoms with Crippen LogP contribution in [0.4, 0.5) is 0 Å². The zero-order chi connectivity index (χ0) is 12.1. The van der Waals surface area contributed by atoms with E-state index in [0.717, 1.165) is 18.4 Å². The van der Waals surface area contributed by atoms with Gasteiger partial charge in [-0.25, -0.2) is 0 Å². The molecule has 1 heteroatoms. The van der Waals surface area contributed by atoms with E-state index in [9.17, 15) is 0 Å². The van der Waals surface area contributed by atoms with Crippen molar-refractivity contribution in [1.29, 1.82) is 0 Å². The zero-order valence-electron chi connectivity index (χ0n) is 11.1. The van der Waals surface area contributed by atoms with Gasteiger partial charge in [-0.1, -0.05) is 57.0 Å². The second-order valence-corrected chi connectivity index (χ2v) is 5.59. The Kier molecular flexibility index (Phi) is 4.61. The fraction of sp³-hybridized carbons (Fsp3) is 0.625.